The van der Waals surface area contributed by atoms with Crippen molar-refractivity contribution in [2.24, 2.45) is 5.41 Å². The van der Waals surface area contributed by atoms with Crippen LogP contribution >= 0.6 is 0 Å². The first-order valence-electron chi connectivity index (χ1n) is 6.78. The lowest BCUT2D eigenvalue weighted by Gasteiger charge is -2.26. The van der Waals surface area contributed by atoms with Gasteiger partial charge in [0.25, 0.3) is 0 Å². The highest BCUT2D eigenvalue weighted by Crippen LogP contribution is 2.22. The first-order valence-corrected chi connectivity index (χ1v) is 6.78. The summed E-state index contributed by atoms with van der Waals surface area (Å²) >= 11 is 0. The Morgan fingerprint density at radius 2 is 1.78 bits per heavy atom. The standard InChI is InChI=1S/C16H27NO/c1-13(18-12-11-16(2,3)4)15(17-5)14-9-7-6-8-10-14/h6-10,13,15,17H,11-12H2,1-5H3. The molecule has 0 saturated heterocycles. The van der Waals surface area contributed by atoms with E-state index in [1.54, 1.807) is 0 Å². The van der Waals surface area contributed by atoms with Crippen molar-refractivity contribution in [3.63, 3.8) is 0 Å². The molecule has 0 amide bonds. The molecule has 0 bridgehead atoms. The van der Waals surface area contributed by atoms with Gasteiger partial charge in [0.05, 0.1) is 12.1 Å². The third-order valence-electron chi connectivity index (χ3n) is 3.17. The van der Waals surface area contributed by atoms with Gasteiger partial charge in [-0.15, -0.1) is 0 Å². The maximum atomic E-state index is 5.96. The summed E-state index contributed by atoms with van der Waals surface area (Å²) in [6, 6.07) is 10.7. The molecule has 0 saturated carbocycles. The second-order valence-electron chi connectivity index (χ2n) is 6.06. The van der Waals surface area contributed by atoms with E-state index in [4.69, 9.17) is 4.74 Å². The SMILES string of the molecule is CNC(c1ccccc1)C(C)OCCC(C)(C)C. The molecule has 0 aliphatic heterocycles. The number of hydrogen-bond acceptors (Lipinski definition) is 2. The Labute approximate surface area is 112 Å². The monoisotopic (exact) mass is 249 g/mol. The minimum absolute atomic E-state index is 0.180. The van der Waals surface area contributed by atoms with Gasteiger partial charge in [0.2, 0.25) is 0 Å². The van der Waals surface area contributed by atoms with E-state index in [2.05, 4.69) is 57.3 Å². The molecule has 0 aliphatic rings. The normalized spacial score (nSPS) is 15.4. The van der Waals surface area contributed by atoms with Crippen molar-refractivity contribution in [2.45, 2.75) is 46.3 Å². The quantitative estimate of drug-likeness (QED) is 0.828. The van der Waals surface area contributed by atoms with Crippen molar-refractivity contribution in [2.75, 3.05) is 13.7 Å². The molecule has 0 aliphatic carbocycles. The Bertz CT molecular complexity index is 329. The van der Waals surface area contributed by atoms with Crippen molar-refractivity contribution in [1.82, 2.24) is 5.32 Å². The Balaban J connectivity index is 2.51. The number of nitrogens with one attached hydrogen (secondary N) is 1. The van der Waals surface area contributed by atoms with Gasteiger partial charge >= 0.3 is 0 Å². The number of rotatable bonds is 6. The maximum absolute atomic E-state index is 5.96. The average molecular weight is 249 g/mol. The fourth-order valence-electron chi connectivity index (χ4n) is 1.98. The third kappa shape index (κ3) is 5.19. The summed E-state index contributed by atoms with van der Waals surface area (Å²) in [5, 5.41) is 3.34. The van der Waals surface area contributed by atoms with E-state index >= 15 is 0 Å². The lowest BCUT2D eigenvalue weighted by Crippen LogP contribution is -2.30. The summed E-state index contributed by atoms with van der Waals surface area (Å²) in [4.78, 5) is 0. The summed E-state index contributed by atoms with van der Waals surface area (Å²) < 4.78 is 5.96. The van der Waals surface area contributed by atoms with Crippen LogP contribution in [0.3, 0.4) is 0 Å². The van der Waals surface area contributed by atoms with Crippen LogP contribution in [0, 0.1) is 5.41 Å². The van der Waals surface area contributed by atoms with E-state index in [0.717, 1.165) is 13.0 Å². The highest BCUT2D eigenvalue weighted by molar-refractivity contribution is 5.19. The largest absolute Gasteiger partial charge is 0.377 e. The maximum Gasteiger partial charge on any atom is 0.0741 e. The van der Waals surface area contributed by atoms with Gasteiger partial charge in [0.15, 0.2) is 0 Å². The first-order chi connectivity index (χ1) is 8.44. The van der Waals surface area contributed by atoms with Gasteiger partial charge < -0.3 is 10.1 Å². The van der Waals surface area contributed by atoms with Crippen LogP contribution in [0.4, 0.5) is 0 Å². The zero-order chi connectivity index (χ0) is 13.6. The average Bonchev–Trinajstić information content (AvgIpc) is 2.29. The smallest absolute Gasteiger partial charge is 0.0741 e. The molecule has 2 atom stereocenters. The van der Waals surface area contributed by atoms with Gasteiger partial charge in [-0.1, -0.05) is 51.1 Å². The Kier molecular flexibility index (Phi) is 5.83. The number of hydrogen-bond donors (Lipinski definition) is 1. The van der Waals surface area contributed by atoms with E-state index in [1.165, 1.54) is 5.56 Å². The Morgan fingerprint density at radius 1 is 1.17 bits per heavy atom. The summed E-state index contributed by atoms with van der Waals surface area (Å²) in [5.74, 6) is 0. The molecule has 1 aromatic rings. The Morgan fingerprint density at radius 3 is 2.28 bits per heavy atom. The van der Waals surface area contributed by atoms with Crippen LogP contribution in [0.15, 0.2) is 30.3 Å². The molecular formula is C16H27NO. The van der Waals surface area contributed by atoms with Gasteiger partial charge in [-0.2, -0.15) is 0 Å². The second kappa shape index (κ2) is 6.91. The molecule has 1 rings (SSSR count). The minimum Gasteiger partial charge on any atom is -0.377 e. The van der Waals surface area contributed by atoms with Gasteiger partial charge in [0.1, 0.15) is 0 Å². The van der Waals surface area contributed by atoms with Crippen molar-refractivity contribution in [3.05, 3.63) is 35.9 Å². The molecule has 2 unspecified atom stereocenters. The molecule has 0 aromatic heterocycles. The second-order valence-corrected chi connectivity index (χ2v) is 6.06. The summed E-state index contributed by atoms with van der Waals surface area (Å²) in [7, 11) is 1.99. The van der Waals surface area contributed by atoms with E-state index in [9.17, 15) is 0 Å². The van der Waals surface area contributed by atoms with Crippen molar-refractivity contribution < 1.29 is 4.74 Å². The van der Waals surface area contributed by atoms with E-state index < -0.39 is 0 Å². The van der Waals surface area contributed by atoms with Crippen LogP contribution < -0.4 is 5.32 Å². The van der Waals surface area contributed by atoms with Gasteiger partial charge in [-0.25, -0.2) is 0 Å². The third-order valence-corrected chi connectivity index (χ3v) is 3.17. The molecular weight excluding hydrogens is 222 g/mol. The van der Waals surface area contributed by atoms with Gasteiger partial charge in [-0.3, -0.25) is 0 Å². The molecule has 1 N–H and O–H groups in total. The number of likely N-dealkylation sites (N-methyl/N-ethyl adjacent to an activating group) is 1. The van der Waals surface area contributed by atoms with Gasteiger partial charge in [-0.05, 0) is 31.4 Å². The fourth-order valence-corrected chi connectivity index (χ4v) is 1.98. The minimum atomic E-state index is 0.180. The van der Waals surface area contributed by atoms with E-state index in [1.807, 2.05) is 13.1 Å². The van der Waals surface area contributed by atoms with Crippen LogP contribution in [-0.2, 0) is 4.74 Å². The first kappa shape index (κ1) is 15.2. The molecule has 1 aromatic carbocycles. The molecule has 0 heterocycles. The molecule has 0 fully saturated rings. The summed E-state index contributed by atoms with van der Waals surface area (Å²) in [6.45, 7) is 9.68. The number of benzene rings is 1. The summed E-state index contributed by atoms with van der Waals surface area (Å²) in [5.41, 5.74) is 1.62. The highest BCUT2D eigenvalue weighted by Gasteiger charge is 2.18. The molecule has 0 radical (unpaired) electrons. The highest BCUT2D eigenvalue weighted by atomic mass is 16.5. The lowest BCUT2D eigenvalue weighted by molar-refractivity contribution is 0.0265. The van der Waals surface area contributed by atoms with Crippen LogP contribution in [0.1, 0.15) is 45.7 Å². The zero-order valence-corrected chi connectivity index (χ0v) is 12.4. The molecule has 0 spiro atoms. The molecule has 2 nitrogen and oxygen atoms in total. The predicted molar refractivity (Wildman–Crippen MR) is 77.7 cm³/mol. The van der Waals surface area contributed by atoms with Crippen LogP contribution in [0.25, 0.3) is 0 Å². The zero-order valence-electron chi connectivity index (χ0n) is 12.4. The topological polar surface area (TPSA) is 21.3 Å². The van der Waals surface area contributed by atoms with E-state index in [-0.39, 0.29) is 12.1 Å². The van der Waals surface area contributed by atoms with Crippen LogP contribution in [-0.4, -0.2) is 19.8 Å². The van der Waals surface area contributed by atoms with Gasteiger partial charge in [0, 0.05) is 6.61 Å². The Hall–Kier alpha value is -0.860. The fraction of sp³-hybridized carbons (Fsp3) is 0.625. The van der Waals surface area contributed by atoms with Crippen LogP contribution in [0.2, 0.25) is 0 Å². The molecule has 18 heavy (non-hydrogen) atoms. The number of ether oxygens (including phenoxy) is 1. The van der Waals surface area contributed by atoms with Crippen molar-refractivity contribution >= 4 is 0 Å². The van der Waals surface area contributed by atoms with Crippen molar-refractivity contribution in [1.29, 1.82) is 0 Å². The molecule has 2 heteroatoms. The molecule has 102 valence electrons. The predicted octanol–water partition coefficient (Wildman–Crippen LogP) is 3.79. The van der Waals surface area contributed by atoms with Crippen LogP contribution in [0.5, 0.6) is 0 Å². The lowest BCUT2D eigenvalue weighted by atomic mass is 9.93. The van der Waals surface area contributed by atoms with E-state index in [0.29, 0.717) is 5.41 Å². The van der Waals surface area contributed by atoms with Crippen molar-refractivity contribution in [3.8, 4) is 0 Å². The summed E-state index contributed by atoms with van der Waals surface area (Å²) in [6.07, 6.45) is 1.27.